The lowest BCUT2D eigenvalue weighted by atomic mass is 10.0. The van der Waals surface area contributed by atoms with Gasteiger partial charge in [-0.15, -0.1) is 0 Å². The van der Waals surface area contributed by atoms with Gasteiger partial charge in [0.15, 0.2) is 0 Å². The Kier molecular flexibility index (Phi) is 4.82. The third kappa shape index (κ3) is 3.59. The van der Waals surface area contributed by atoms with Crippen LogP contribution in [0.1, 0.15) is 0 Å². The van der Waals surface area contributed by atoms with Gasteiger partial charge < -0.3 is 4.57 Å². The Morgan fingerprint density at radius 1 is 0.410 bits per heavy atom. The van der Waals surface area contributed by atoms with E-state index in [0.29, 0.717) is 0 Å². The Morgan fingerprint density at radius 2 is 1.00 bits per heavy atom. The fraction of sp³-hybridized carbons (Fsp3) is 0. The second kappa shape index (κ2) is 8.64. The molecule has 0 atom stereocenters. The maximum Gasteiger partial charge on any atom is 0.0709 e. The second-order valence-corrected chi connectivity index (χ2v) is 9.97. The van der Waals surface area contributed by atoms with Crippen LogP contribution in [-0.4, -0.2) is 14.5 Å². The minimum absolute atomic E-state index is 0.970. The maximum atomic E-state index is 4.80. The largest absolute Gasteiger partial charge is 0.309 e. The number of fused-ring (bicyclic) bond motifs is 5. The van der Waals surface area contributed by atoms with Gasteiger partial charge in [0.2, 0.25) is 0 Å². The van der Waals surface area contributed by atoms with Crippen molar-refractivity contribution in [2.75, 3.05) is 0 Å². The number of nitrogens with zero attached hydrogens (tertiary/aromatic N) is 3. The molecule has 0 bridgehead atoms. The molecule has 0 fully saturated rings. The van der Waals surface area contributed by atoms with E-state index in [4.69, 9.17) is 9.97 Å². The molecule has 0 N–H and O–H groups in total. The molecule has 3 nitrogen and oxygen atoms in total. The molecule has 0 radical (unpaired) electrons. The van der Waals surface area contributed by atoms with Crippen LogP contribution in [0.4, 0.5) is 0 Å². The fourth-order valence-corrected chi connectivity index (χ4v) is 5.70. The highest BCUT2D eigenvalue weighted by Crippen LogP contribution is 2.36. The van der Waals surface area contributed by atoms with Gasteiger partial charge >= 0.3 is 0 Å². The van der Waals surface area contributed by atoms with Crippen LogP contribution in [0, 0.1) is 0 Å². The molecule has 5 aromatic carbocycles. The molecule has 3 heterocycles. The topological polar surface area (TPSA) is 30.7 Å². The van der Waals surface area contributed by atoms with E-state index < -0.39 is 0 Å². The van der Waals surface area contributed by atoms with Crippen LogP contribution in [0.25, 0.3) is 71.6 Å². The van der Waals surface area contributed by atoms with E-state index in [1.807, 2.05) is 18.5 Å². The first kappa shape index (κ1) is 21.8. The lowest BCUT2D eigenvalue weighted by Crippen LogP contribution is -1.95. The molecule has 182 valence electrons. The van der Waals surface area contributed by atoms with Crippen LogP contribution in [0.2, 0.25) is 0 Å². The summed E-state index contributed by atoms with van der Waals surface area (Å²) in [5.74, 6) is 0. The van der Waals surface area contributed by atoms with Crippen molar-refractivity contribution in [3.05, 3.63) is 140 Å². The van der Waals surface area contributed by atoms with Gasteiger partial charge in [0.05, 0.1) is 22.4 Å². The summed E-state index contributed by atoms with van der Waals surface area (Å²) in [7, 11) is 0. The van der Waals surface area contributed by atoms with E-state index in [9.17, 15) is 0 Å². The first-order valence-electron chi connectivity index (χ1n) is 13.2. The third-order valence-corrected chi connectivity index (χ3v) is 7.63. The number of hydrogen-bond donors (Lipinski definition) is 0. The van der Waals surface area contributed by atoms with Gasteiger partial charge in [-0.3, -0.25) is 9.97 Å². The van der Waals surface area contributed by atoms with Gasteiger partial charge in [0, 0.05) is 50.8 Å². The van der Waals surface area contributed by atoms with Gasteiger partial charge in [0.25, 0.3) is 0 Å². The fourth-order valence-electron chi connectivity index (χ4n) is 5.70. The van der Waals surface area contributed by atoms with E-state index in [2.05, 4.69) is 126 Å². The normalized spacial score (nSPS) is 11.6. The molecule has 0 spiro atoms. The Bertz CT molecular complexity index is 2190. The van der Waals surface area contributed by atoms with Crippen molar-refractivity contribution in [2.24, 2.45) is 0 Å². The molecule has 0 amide bonds. The molecule has 0 saturated carbocycles. The smallest absolute Gasteiger partial charge is 0.0709 e. The predicted octanol–water partition coefficient (Wildman–Crippen LogP) is 9.21. The monoisotopic (exact) mass is 497 g/mol. The molecule has 39 heavy (non-hydrogen) atoms. The Labute approximate surface area is 225 Å². The average molecular weight is 498 g/mol. The SMILES string of the molecule is c1cc(-c2cc3ccccc3cn2)cc(-n2c3ccccc3c3ccc(-c4cc5ccccc5cn4)cc32)c1. The van der Waals surface area contributed by atoms with E-state index in [1.54, 1.807) is 0 Å². The molecular formula is C36H23N3. The van der Waals surface area contributed by atoms with Crippen LogP contribution in [-0.2, 0) is 0 Å². The van der Waals surface area contributed by atoms with Crippen molar-refractivity contribution >= 4 is 43.4 Å². The lowest BCUT2D eigenvalue weighted by Gasteiger charge is -2.11. The molecule has 0 saturated heterocycles. The first-order valence-corrected chi connectivity index (χ1v) is 13.2. The van der Waals surface area contributed by atoms with E-state index in [0.717, 1.165) is 44.5 Å². The van der Waals surface area contributed by atoms with Gasteiger partial charge in [-0.25, -0.2) is 0 Å². The van der Waals surface area contributed by atoms with Crippen molar-refractivity contribution in [1.82, 2.24) is 14.5 Å². The quantitative estimate of drug-likeness (QED) is 0.244. The predicted molar refractivity (Wildman–Crippen MR) is 162 cm³/mol. The zero-order valence-electron chi connectivity index (χ0n) is 21.1. The second-order valence-electron chi connectivity index (χ2n) is 9.97. The molecule has 0 aliphatic rings. The highest BCUT2D eigenvalue weighted by molar-refractivity contribution is 6.10. The minimum atomic E-state index is 0.970. The van der Waals surface area contributed by atoms with Gasteiger partial charge in [-0.2, -0.15) is 0 Å². The highest BCUT2D eigenvalue weighted by atomic mass is 15.0. The third-order valence-electron chi connectivity index (χ3n) is 7.63. The first-order chi connectivity index (χ1) is 19.3. The molecular weight excluding hydrogens is 474 g/mol. The molecule has 0 unspecified atom stereocenters. The van der Waals surface area contributed by atoms with Gasteiger partial charge in [0.1, 0.15) is 0 Å². The standard InChI is InChI=1S/C36H23N3/c1-3-10-28-22-37-33(19-24(28)8-1)26-12-7-13-30(18-26)39-35-15-6-5-14-31(35)32-17-16-27(21-36(32)39)34-20-25-9-2-4-11-29(25)23-38-34/h1-23H. The molecule has 8 rings (SSSR count). The average Bonchev–Trinajstić information content (AvgIpc) is 3.34. The number of hydrogen-bond acceptors (Lipinski definition) is 2. The van der Waals surface area contributed by atoms with E-state index in [1.165, 1.54) is 27.1 Å². The summed E-state index contributed by atoms with van der Waals surface area (Å²) < 4.78 is 2.36. The number of para-hydroxylation sites is 1. The highest BCUT2D eigenvalue weighted by Gasteiger charge is 2.14. The molecule has 3 aromatic heterocycles. The Hall–Kier alpha value is -5.28. The van der Waals surface area contributed by atoms with E-state index in [-0.39, 0.29) is 0 Å². The van der Waals surface area contributed by atoms with Gasteiger partial charge in [-0.05, 0) is 47.2 Å². The van der Waals surface area contributed by atoms with Crippen molar-refractivity contribution in [3.8, 4) is 28.2 Å². The number of pyridine rings is 2. The van der Waals surface area contributed by atoms with Crippen LogP contribution in [0.15, 0.2) is 140 Å². The van der Waals surface area contributed by atoms with Crippen LogP contribution < -0.4 is 0 Å². The van der Waals surface area contributed by atoms with Crippen molar-refractivity contribution in [2.45, 2.75) is 0 Å². The molecule has 8 aromatic rings. The van der Waals surface area contributed by atoms with Crippen LogP contribution in [0.3, 0.4) is 0 Å². The summed E-state index contributed by atoms with van der Waals surface area (Å²) in [5.41, 5.74) is 7.59. The number of aromatic nitrogens is 3. The minimum Gasteiger partial charge on any atom is -0.309 e. The Balaban J connectivity index is 1.33. The summed E-state index contributed by atoms with van der Waals surface area (Å²) in [5, 5.41) is 7.14. The van der Waals surface area contributed by atoms with Crippen molar-refractivity contribution in [3.63, 3.8) is 0 Å². The summed E-state index contributed by atoms with van der Waals surface area (Å²) in [6.07, 6.45) is 3.92. The van der Waals surface area contributed by atoms with Crippen LogP contribution >= 0.6 is 0 Å². The summed E-state index contributed by atoms with van der Waals surface area (Å²) in [4.78, 5) is 9.59. The zero-order chi connectivity index (χ0) is 25.8. The molecule has 0 aliphatic carbocycles. The van der Waals surface area contributed by atoms with Crippen LogP contribution in [0.5, 0.6) is 0 Å². The summed E-state index contributed by atoms with van der Waals surface area (Å²) >= 11 is 0. The maximum absolute atomic E-state index is 4.80. The van der Waals surface area contributed by atoms with Crippen molar-refractivity contribution < 1.29 is 0 Å². The molecule has 0 aliphatic heterocycles. The number of rotatable bonds is 3. The van der Waals surface area contributed by atoms with Gasteiger partial charge in [-0.1, -0.05) is 91.0 Å². The van der Waals surface area contributed by atoms with Crippen molar-refractivity contribution in [1.29, 1.82) is 0 Å². The van der Waals surface area contributed by atoms with E-state index >= 15 is 0 Å². The number of benzene rings is 5. The summed E-state index contributed by atoms with van der Waals surface area (Å²) in [6.45, 7) is 0. The Morgan fingerprint density at radius 3 is 1.72 bits per heavy atom. The lowest BCUT2D eigenvalue weighted by molar-refractivity contribution is 1.18. The molecule has 3 heteroatoms. The summed E-state index contributed by atoms with van der Waals surface area (Å²) in [6, 6.07) is 45.1. The zero-order valence-corrected chi connectivity index (χ0v) is 21.1.